The van der Waals surface area contributed by atoms with Gasteiger partial charge in [0.25, 0.3) is 5.91 Å². The fourth-order valence-corrected chi connectivity index (χ4v) is 3.45. The summed E-state index contributed by atoms with van der Waals surface area (Å²) in [5.41, 5.74) is 1.97. The number of hydrogen-bond acceptors (Lipinski definition) is 6. The molecule has 2 aromatic carbocycles. The van der Waals surface area contributed by atoms with Crippen LogP contribution in [0.1, 0.15) is 5.56 Å². The molecule has 0 atom stereocenters. The van der Waals surface area contributed by atoms with Gasteiger partial charge in [0.15, 0.2) is 23.8 Å². The predicted octanol–water partition coefficient (Wildman–Crippen LogP) is 1.40. The molecule has 0 aromatic heterocycles. The number of nitrogens with zero attached hydrogens (tertiary/aromatic N) is 3. The van der Waals surface area contributed by atoms with E-state index in [2.05, 4.69) is 9.74 Å². The SMILES string of the molecule is [C-]#[N+]c1ccc(Oc2ccc3c(c2)COB3O)c(OCC(=O)N2CCN(C)CC2)c1. The summed E-state index contributed by atoms with van der Waals surface area (Å²) >= 11 is 0. The zero-order valence-corrected chi connectivity index (χ0v) is 16.7. The van der Waals surface area contributed by atoms with Crippen molar-refractivity contribution in [2.24, 2.45) is 0 Å². The molecular weight excluding hydrogens is 385 g/mol. The van der Waals surface area contributed by atoms with Crippen molar-refractivity contribution in [2.75, 3.05) is 39.8 Å². The van der Waals surface area contributed by atoms with E-state index in [-0.39, 0.29) is 12.5 Å². The summed E-state index contributed by atoms with van der Waals surface area (Å²) in [6, 6.07) is 10.2. The molecule has 2 heterocycles. The molecule has 9 heteroatoms. The summed E-state index contributed by atoms with van der Waals surface area (Å²) < 4.78 is 16.9. The van der Waals surface area contributed by atoms with Gasteiger partial charge >= 0.3 is 7.12 Å². The molecule has 8 nitrogen and oxygen atoms in total. The molecule has 0 spiro atoms. The Hall–Kier alpha value is -3.06. The number of carbonyl (C=O) groups excluding carboxylic acids is 1. The van der Waals surface area contributed by atoms with Gasteiger partial charge in [0.05, 0.1) is 13.2 Å². The maximum atomic E-state index is 12.5. The van der Waals surface area contributed by atoms with Crippen LogP contribution in [-0.4, -0.2) is 67.7 Å². The van der Waals surface area contributed by atoms with Crippen molar-refractivity contribution >= 4 is 24.2 Å². The van der Waals surface area contributed by atoms with Gasteiger partial charge in [-0.15, -0.1) is 0 Å². The molecular formula is C21H22BN3O5. The van der Waals surface area contributed by atoms with Gasteiger partial charge in [-0.3, -0.25) is 4.79 Å². The van der Waals surface area contributed by atoms with E-state index < -0.39 is 7.12 Å². The van der Waals surface area contributed by atoms with Gasteiger partial charge in [-0.2, -0.15) is 0 Å². The molecule has 0 bridgehead atoms. The van der Waals surface area contributed by atoms with Gasteiger partial charge in [0.1, 0.15) is 5.75 Å². The van der Waals surface area contributed by atoms with E-state index in [1.54, 1.807) is 41.3 Å². The first-order valence-corrected chi connectivity index (χ1v) is 9.74. The summed E-state index contributed by atoms with van der Waals surface area (Å²) in [4.78, 5) is 19.9. The number of piperazine rings is 1. The first-order valence-electron chi connectivity index (χ1n) is 9.74. The van der Waals surface area contributed by atoms with E-state index in [4.69, 9.17) is 20.7 Å². The Morgan fingerprint density at radius 2 is 2.00 bits per heavy atom. The largest absolute Gasteiger partial charge is 0.491 e. The lowest BCUT2D eigenvalue weighted by Gasteiger charge is -2.32. The fraction of sp³-hybridized carbons (Fsp3) is 0.333. The van der Waals surface area contributed by atoms with Crippen LogP contribution in [0, 0.1) is 6.57 Å². The van der Waals surface area contributed by atoms with Crippen molar-refractivity contribution in [2.45, 2.75) is 6.61 Å². The Kier molecular flexibility index (Phi) is 5.90. The lowest BCUT2D eigenvalue weighted by Crippen LogP contribution is -2.48. The monoisotopic (exact) mass is 407 g/mol. The van der Waals surface area contributed by atoms with Crippen molar-refractivity contribution < 1.29 is 23.9 Å². The Morgan fingerprint density at radius 1 is 1.20 bits per heavy atom. The number of hydrogen-bond donors (Lipinski definition) is 1. The summed E-state index contributed by atoms with van der Waals surface area (Å²) in [5.74, 6) is 1.21. The zero-order valence-electron chi connectivity index (χ0n) is 16.7. The van der Waals surface area contributed by atoms with Crippen molar-refractivity contribution in [3.63, 3.8) is 0 Å². The van der Waals surface area contributed by atoms with Gasteiger partial charge in [-0.05, 0) is 42.3 Å². The van der Waals surface area contributed by atoms with Crippen molar-refractivity contribution in [1.29, 1.82) is 0 Å². The van der Waals surface area contributed by atoms with Gasteiger partial charge in [-0.25, -0.2) is 4.85 Å². The van der Waals surface area contributed by atoms with Crippen LogP contribution < -0.4 is 14.9 Å². The van der Waals surface area contributed by atoms with Crippen LogP contribution >= 0.6 is 0 Å². The summed E-state index contributed by atoms with van der Waals surface area (Å²) in [5, 5.41) is 9.76. The van der Waals surface area contributed by atoms with Crippen molar-refractivity contribution in [3.05, 3.63) is 53.4 Å². The van der Waals surface area contributed by atoms with Gasteiger partial charge in [-0.1, -0.05) is 12.1 Å². The van der Waals surface area contributed by atoms with Crippen molar-refractivity contribution in [3.8, 4) is 17.2 Å². The summed E-state index contributed by atoms with van der Waals surface area (Å²) in [6.45, 7) is 10.5. The number of amides is 1. The lowest BCUT2D eigenvalue weighted by molar-refractivity contribution is -0.134. The maximum Gasteiger partial charge on any atom is 0.491 e. The molecule has 1 saturated heterocycles. The minimum absolute atomic E-state index is 0.0917. The molecule has 4 rings (SSSR count). The Labute approximate surface area is 175 Å². The molecule has 0 unspecified atom stereocenters. The number of carbonyl (C=O) groups is 1. The van der Waals surface area contributed by atoms with Gasteiger partial charge in [0, 0.05) is 26.2 Å². The van der Waals surface area contributed by atoms with Crippen LogP contribution in [0.3, 0.4) is 0 Å². The molecule has 1 amide bonds. The first-order chi connectivity index (χ1) is 14.5. The second kappa shape index (κ2) is 8.75. The number of fused-ring (bicyclic) bond motifs is 1. The van der Waals surface area contributed by atoms with Gasteiger partial charge < -0.3 is 29.0 Å². The molecule has 1 fully saturated rings. The molecule has 1 N–H and O–H groups in total. The third-order valence-electron chi connectivity index (χ3n) is 5.27. The highest BCUT2D eigenvalue weighted by atomic mass is 16.5. The topological polar surface area (TPSA) is 75.8 Å². The van der Waals surface area contributed by atoms with E-state index in [9.17, 15) is 9.82 Å². The van der Waals surface area contributed by atoms with Crippen LogP contribution in [0.4, 0.5) is 5.69 Å². The average Bonchev–Trinajstić information content (AvgIpc) is 3.13. The Bertz CT molecular complexity index is 985. The molecule has 0 aliphatic carbocycles. The summed E-state index contributed by atoms with van der Waals surface area (Å²) in [6.07, 6.45) is 0. The second-order valence-electron chi connectivity index (χ2n) is 7.34. The van der Waals surface area contributed by atoms with E-state index >= 15 is 0 Å². The number of likely N-dealkylation sites (N-methyl/N-ethyl adjacent to an activating group) is 1. The Morgan fingerprint density at radius 3 is 2.77 bits per heavy atom. The minimum atomic E-state index is -0.911. The highest BCUT2D eigenvalue weighted by Gasteiger charge is 2.27. The quantitative estimate of drug-likeness (QED) is 0.597. The molecule has 2 aliphatic heterocycles. The summed E-state index contributed by atoms with van der Waals surface area (Å²) in [7, 11) is 1.12. The van der Waals surface area contributed by atoms with Crippen LogP contribution in [0.15, 0.2) is 36.4 Å². The highest BCUT2D eigenvalue weighted by Crippen LogP contribution is 2.35. The van der Waals surface area contributed by atoms with Crippen LogP contribution in [0.2, 0.25) is 0 Å². The average molecular weight is 407 g/mol. The third kappa shape index (κ3) is 4.41. The van der Waals surface area contributed by atoms with Crippen LogP contribution in [0.5, 0.6) is 17.2 Å². The van der Waals surface area contributed by atoms with Crippen LogP contribution in [0.25, 0.3) is 4.85 Å². The van der Waals surface area contributed by atoms with Crippen LogP contribution in [-0.2, 0) is 16.1 Å². The minimum Gasteiger partial charge on any atom is -0.481 e. The normalized spacial score (nSPS) is 16.2. The predicted molar refractivity (Wildman–Crippen MR) is 111 cm³/mol. The lowest BCUT2D eigenvalue weighted by atomic mass is 9.80. The molecule has 2 aromatic rings. The number of rotatable bonds is 5. The standard InChI is InChI=1S/C21H22BN3O5/c1-23-16-3-6-19(30-17-4-5-18-15(11-17)13-29-22(18)27)20(12-16)28-14-21(26)25-9-7-24(2)8-10-25/h3-6,11-12,27H,7-10,13-14H2,2H3. The van der Waals surface area contributed by atoms with E-state index in [1.807, 2.05) is 7.05 Å². The van der Waals surface area contributed by atoms with Gasteiger partial charge in [0.2, 0.25) is 0 Å². The number of ether oxygens (including phenoxy) is 2. The van der Waals surface area contributed by atoms with E-state index in [0.717, 1.165) is 24.1 Å². The fourth-order valence-electron chi connectivity index (χ4n) is 3.45. The van der Waals surface area contributed by atoms with E-state index in [1.165, 1.54) is 0 Å². The highest BCUT2D eigenvalue weighted by molar-refractivity contribution is 6.61. The third-order valence-corrected chi connectivity index (χ3v) is 5.27. The van der Waals surface area contributed by atoms with Crippen molar-refractivity contribution in [1.82, 2.24) is 9.80 Å². The first kappa shape index (κ1) is 20.2. The molecule has 0 radical (unpaired) electrons. The molecule has 30 heavy (non-hydrogen) atoms. The molecule has 154 valence electrons. The molecule has 2 aliphatic rings. The smallest absolute Gasteiger partial charge is 0.481 e. The van der Waals surface area contributed by atoms with E-state index in [0.29, 0.717) is 42.6 Å². The molecule has 0 saturated carbocycles. The number of benzene rings is 2. The second-order valence-corrected chi connectivity index (χ2v) is 7.34. The Balaban J connectivity index is 1.47. The maximum absolute atomic E-state index is 12.5. The zero-order chi connectivity index (χ0) is 21.1.